The smallest absolute Gasteiger partial charge is 0.123 e. The molecule has 1 aromatic rings. The van der Waals surface area contributed by atoms with Crippen LogP contribution in [0.1, 0.15) is 44.1 Å². The van der Waals surface area contributed by atoms with Crippen molar-refractivity contribution in [2.75, 3.05) is 14.1 Å². The number of likely N-dealkylation sites (N-methyl/N-ethyl adjacent to an activating group) is 1. The van der Waals surface area contributed by atoms with Gasteiger partial charge in [-0.25, -0.2) is 4.39 Å². The molecule has 4 heteroatoms. The second-order valence-corrected chi connectivity index (χ2v) is 7.31. The van der Waals surface area contributed by atoms with Gasteiger partial charge in [0.1, 0.15) is 5.82 Å². The first-order valence-corrected chi connectivity index (χ1v) is 8.62. The molecule has 2 N–H and O–H groups in total. The van der Waals surface area contributed by atoms with Gasteiger partial charge in [-0.05, 0) is 57.1 Å². The van der Waals surface area contributed by atoms with E-state index >= 15 is 0 Å². The van der Waals surface area contributed by atoms with Crippen molar-refractivity contribution in [1.29, 1.82) is 0 Å². The van der Waals surface area contributed by atoms with Crippen LogP contribution in [-0.4, -0.2) is 30.6 Å². The van der Waals surface area contributed by atoms with E-state index < -0.39 is 0 Å². The Balaban J connectivity index is 2.22. The van der Waals surface area contributed by atoms with Crippen molar-refractivity contribution >= 4 is 15.9 Å². The molecule has 21 heavy (non-hydrogen) atoms. The lowest BCUT2D eigenvalue weighted by atomic mass is 9.79. The molecule has 2 rings (SSSR count). The summed E-state index contributed by atoms with van der Waals surface area (Å²) < 4.78 is 14.4. The van der Waals surface area contributed by atoms with Gasteiger partial charge in [0.15, 0.2) is 0 Å². The fourth-order valence-electron chi connectivity index (χ4n) is 3.62. The molecule has 1 unspecified atom stereocenters. The Morgan fingerprint density at radius 2 is 1.86 bits per heavy atom. The Morgan fingerprint density at radius 1 is 1.24 bits per heavy atom. The predicted molar refractivity (Wildman–Crippen MR) is 89.9 cm³/mol. The van der Waals surface area contributed by atoms with Crippen LogP contribution in [0.15, 0.2) is 22.7 Å². The minimum atomic E-state index is -0.194. The molecule has 118 valence electrons. The number of nitrogens with zero attached hydrogens (tertiary/aromatic N) is 1. The Labute approximate surface area is 136 Å². The molecule has 0 spiro atoms. The van der Waals surface area contributed by atoms with Crippen LogP contribution in [0.25, 0.3) is 0 Å². The minimum absolute atomic E-state index is 0.0173. The van der Waals surface area contributed by atoms with Gasteiger partial charge in [-0.2, -0.15) is 0 Å². The van der Waals surface area contributed by atoms with E-state index in [-0.39, 0.29) is 17.4 Å². The fourth-order valence-corrected chi connectivity index (χ4v) is 4.03. The summed E-state index contributed by atoms with van der Waals surface area (Å²) in [6.45, 7) is 0. The van der Waals surface area contributed by atoms with Gasteiger partial charge >= 0.3 is 0 Å². The van der Waals surface area contributed by atoms with Crippen molar-refractivity contribution in [3.05, 3.63) is 34.1 Å². The van der Waals surface area contributed by atoms with Gasteiger partial charge in [0.25, 0.3) is 0 Å². The number of halogens is 2. The van der Waals surface area contributed by atoms with Crippen molar-refractivity contribution < 1.29 is 4.39 Å². The third-order valence-electron chi connectivity index (χ3n) is 5.00. The van der Waals surface area contributed by atoms with Crippen molar-refractivity contribution in [1.82, 2.24) is 4.90 Å². The fraction of sp³-hybridized carbons (Fsp3) is 0.647. The highest BCUT2D eigenvalue weighted by molar-refractivity contribution is 9.10. The SMILES string of the molecule is CN(C)C1(C(N)Cc2cc(F)ccc2Br)CCCCCC1. The predicted octanol–water partition coefficient (Wildman–Crippen LogP) is 4.11. The van der Waals surface area contributed by atoms with E-state index in [0.717, 1.165) is 22.9 Å². The van der Waals surface area contributed by atoms with Crippen LogP contribution in [-0.2, 0) is 6.42 Å². The summed E-state index contributed by atoms with van der Waals surface area (Å²) in [6, 6.07) is 4.87. The summed E-state index contributed by atoms with van der Waals surface area (Å²) >= 11 is 3.52. The average Bonchev–Trinajstić information content (AvgIpc) is 2.69. The molecule has 0 aromatic heterocycles. The maximum absolute atomic E-state index is 13.5. The van der Waals surface area contributed by atoms with Crippen LogP contribution in [0, 0.1) is 5.82 Å². The second kappa shape index (κ2) is 7.21. The molecule has 0 radical (unpaired) electrons. The molecule has 2 nitrogen and oxygen atoms in total. The number of hydrogen-bond donors (Lipinski definition) is 1. The number of hydrogen-bond acceptors (Lipinski definition) is 2. The van der Waals surface area contributed by atoms with Crippen molar-refractivity contribution in [3.8, 4) is 0 Å². The standard InChI is InChI=1S/C17H26BrFN2/c1-21(2)17(9-5-3-4-6-10-17)16(20)12-13-11-14(19)7-8-15(13)18/h7-8,11,16H,3-6,9-10,12,20H2,1-2H3. The molecule has 1 fully saturated rings. The number of rotatable bonds is 4. The zero-order valence-electron chi connectivity index (χ0n) is 13.0. The largest absolute Gasteiger partial charge is 0.326 e. The topological polar surface area (TPSA) is 29.3 Å². The van der Waals surface area contributed by atoms with Gasteiger partial charge < -0.3 is 10.6 Å². The maximum atomic E-state index is 13.5. The highest BCUT2D eigenvalue weighted by Crippen LogP contribution is 2.35. The molecule has 1 aliphatic rings. The third-order valence-corrected chi connectivity index (χ3v) is 5.77. The van der Waals surface area contributed by atoms with Gasteiger partial charge in [0, 0.05) is 16.1 Å². The first-order valence-electron chi connectivity index (χ1n) is 7.82. The third kappa shape index (κ3) is 3.85. The quantitative estimate of drug-likeness (QED) is 0.822. The van der Waals surface area contributed by atoms with Crippen LogP contribution in [0.2, 0.25) is 0 Å². The van der Waals surface area contributed by atoms with Gasteiger partial charge in [-0.3, -0.25) is 0 Å². The van der Waals surface area contributed by atoms with E-state index in [2.05, 4.69) is 34.9 Å². The van der Waals surface area contributed by atoms with E-state index in [1.54, 1.807) is 12.1 Å². The van der Waals surface area contributed by atoms with Crippen LogP contribution in [0.3, 0.4) is 0 Å². The van der Waals surface area contributed by atoms with E-state index in [4.69, 9.17) is 5.73 Å². The zero-order valence-corrected chi connectivity index (χ0v) is 14.6. The zero-order chi connectivity index (χ0) is 15.5. The Kier molecular flexibility index (Phi) is 5.81. The molecule has 0 heterocycles. The molecule has 0 aliphatic heterocycles. The van der Waals surface area contributed by atoms with Crippen molar-refractivity contribution in [3.63, 3.8) is 0 Å². The molecule has 1 atom stereocenters. The van der Waals surface area contributed by atoms with Crippen LogP contribution in [0.4, 0.5) is 4.39 Å². The summed E-state index contributed by atoms with van der Waals surface area (Å²) in [5, 5.41) is 0. The maximum Gasteiger partial charge on any atom is 0.123 e. The molecular formula is C17H26BrFN2. The Morgan fingerprint density at radius 3 is 2.43 bits per heavy atom. The van der Waals surface area contributed by atoms with Gasteiger partial charge in [-0.15, -0.1) is 0 Å². The monoisotopic (exact) mass is 356 g/mol. The first-order chi connectivity index (χ1) is 9.95. The lowest BCUT2D eigenvalue weighted by molar-refractivity contribution is 0.0967. The van der Waals surface area contributed by atoms with E-state index in [0.29, 0.717) is 6.42 Å². The van der Waals surface area contributed by atoms with Crippen LogP contribution < -0.4 is 5.73 Å². The summed E-state index contributed by atoms with van der Waals surface area (Å²) in [5.41, 5.74) is 7.62. The molecular weight excluding hydrogens is 331 g/mol. The first kappa shape index (κ1) is 16.9. The molecule has 1 aliphatic carbocycles. The van der Waals surface area contributed by atoms with Gasteiger partial charge in [-0.1, -0.05) is 41.6 Å². The van der Waals surface area contributed by atoms with E-state index in [9.17, 15) is 4.39 Å². The highest BCUT2D eigenvalue weighted by atomic mass is 79.9. The van der Waals surface area contributed by atoms with E-state index in [1.807, 2.05) is 0 Å². The summed E-state index contributed by atoms with van der Waals surface area (Å²) in [4.78, 5) is 2.30. The molecule has 0 bridgehead atoms. The average molecular weight is 357 g/mol. The summed E-state index contributed by atoms with van der Waals surface area (Å²) in [6.07, 6.45) is 8.03. The van der Waals surface area contributed by atoms with Crippen molar-refractivity contribution in [2.45, 2.75) is 56.5 Å². The lowest BCUT2D eigenvalue weighted by Crippen LogP contribution is -2.58. The summed E-state index contributed by atoms with van der Waals surface area (Å²) in [7, 11) is 4.26. The molecule has 1 aromatic carbocycles. The van der Waals surface area contributed by atoms with Crippen LogP contribution in [0.5, 0.6) is 0 Å². The minimum Gasteiger partial charge on any atom is -0.326 e. The normalized spacial score (nSPS) is 20.3. The highest BCUT2D eigenvalue weighted by Gasteiger charge is 2.39. The van der Waals surface area contributed by atoms with Crippen LogP contribution >= 0.6 is 15.9 Å². The molecule has 0 saturated heterocycles. The lowest BCUT2D eigenvalue weighted by Gasteiger charge is -2.44. The number of nitrogens with two attached hydrogens (primary N) is 1. The summed E-state index contributed by atoms with van der Waals surface area (Å²) in [5.74, 6) is -0.194. The molecule has 0 amide bonds. The van der Waals surface area contributed by atoms with Gasteiger partial charge in [0.2, 0.25) is 0 Å². The number of benzene rings is 1. The Bertz CT molecular complexity index is 468. The van der Waals surface area contributed by atoms with Crippen molar-refractivity contribution in [2.24, 2.45) is 5.73 Å². The van der Waals surface area contributed by atoms with Gasteiger partial charge in [0.05, 0.1) is 0 Å². The van der Waals surface area contributed by atoms with E-state index in [1.165, 1.54) is 31.7 Å². The molecule has 1 saturated carbocycles. The second-order valence-electron chi connectivity index (χ2n) is 6.46. The Hall–Kier alpha value is -0.450.